The van der Waals surface area contributed by atoms with Crippen molar-refractivity contribution in [3.05, 3.63) is 35.4 Å². The minimum absolute atomic E-state index is 0.190. The minimum atomic E-state index is 0.190. The summed E-state index contributed by atoms with van der Waals surface area (Å²) in [5, 5.41) is 8.95. The van der Waals surface area contributed by atoms with Gasteiger partial charge in [-0.1, -0.05) is 19.1 Å². The second-order valence-corrected chi connectivity index (χ2v) is 7.45. The Morgan fingerprint density at radius 3 is 2.36 bits per heavy atom. The summed E-state index contributed by atoms with van der Waals surface area (Å²) in [6.07, 6.45) is 0. The molecule has 5 nitrogen and oxygen atoms in total. The predicted molar refractivity (Wildman–Crippen MR) is 97.9 cm³/mol. The molecule has 2 aliphatic rings. The topological polar surface area (TPSA) is 50.6 Å². The molecular weight excluding hydrogens is 312 g/mol. The number of hydrogen-bond acceptors (Lipinski definition) is 4. The molecule has 1 aromatic carbocycles. The summed E-state index contributed by atoms with van der Waals surface area (Å²) in [5.74, 6) is 0.819. The predicted octanol–water partition coefficient (Wildman–Crippen LogP) is 2.10. The van der Waals surface area contributed by atoms with Crippen LogP contribution in [0.15, 0.2) is 24.3 Å². The van der Waals surface area contributed by atoms with Crippen molar-refractivity contribution in [3.8, 4) is 6.07 Å². The number of carbonyl (C=O) groups excluding carboxylic acids is 1. The second kappa shape index (κ2) is 7.55. The smallest absolute Gasteiger partial charge is 0.219 e. The molecule has 2 saturated heterocycles. The van der Waals surface area contributed by atoms with Gasteiger partial charge in [-0.3, -0.25) is 14.6 Å². The van der Waals surface area contributed by atoms with E-state index in [1.165, 1.54) is 5.56 Å². The summed E-state index contributed by atoms with van der Waals surface area (Å²) in [6.45, 7) is 12.1. The summed E-state index contributed by atoms with van der Waals surface area (Å²) in [6, 6.07) is 11.1. The van der Waals surface area contributed by atoms with Gasteiger partial charge in [-0.05, 0) is 30.5 Å². The molecule has 1 amide bonds. The number of nitriles is 1. The van der Waals surface area contributed by atoms with E-state index in [1.54, 1.807) is 6.92 Å². The number of amides is 1. The number of benzene rings is 1. The summed E-state index contributed by atoms with van der Waals surface area (Å²) in [7, 11) is 0. The first-order chi connectivity index (χ1) is 12.0. The zero-order valence-electron chi connectivity index (χ0n) is 15.5. The molecule has 0 radical (unpaired) electrons. The van der Waals surface area contributed by atoms with Gasteiger partial charge in [0.05, 0.1) is 11.6 Å². The van der Waals surface area contributed by atoms with Crippen molar-refractivity contribution in [1.82, 2.24) is 14.7 Å². The lowest BCUT2D eigenvalue weighted by Crippen LogP contribution is -2.53. The fourth-order valence-electron chi connectivity index (χ4n) is 4.19. The van der Waals surface area contributed by atoms with E-state index in [4.69, 9.17) is 5.26 Å². The summed E-state index contributed by atoms with van der Waals surface area (Å²) >= 11 is 0. The average molecular weight is 340 g/mol. The monoisotopic (exact) mass is 340 g/mol. The maximum absolute atomic E-state index is 11.5. The Hall–Kier alpha value is -1.90. The Kier molecular flexibility index (Phi) is 5.41. The molecule has 0 spiro atoms. The van der Waals surface area contributed by atoms with E-state index in [0.717, 1.165) is 39.3 Å². The number of likely N-dealkylation sites (tertiary alicyclic amines) is 1. The van der Waals surface area contributed by atoms with Crippen LogP contribution in [0.1, 0.15) is 37.9 Å². The van der Waals surface area contributed by atoms with Crippen molar-refractivity contribution in [1.29, 1.82) is 5.26 Å². The van der Waals surface area contributed by atoms with E-state index in [0.29, 0.717) is 23.6 Å². The third-order valence-corrected chi connectivity index (χ3v) is 5.90. The van der Waals surface area contributed by atoms with E-state index in [2.05, 4.69) is 41.8 Å². The number of nitrogens with zero attached hydrogens (tertiary/aromatic N) is 4. The van der Waals surface area contributed by atoms with Crippen LogP contribution < -0.4 is 0 Å². The van der Waals surface area contributed by atoms with E-state index >= 15 is 0 Å². The molecule has 5 heteroatoms. The Bertz CT molecular complexity index is 643. The molecule has 3 rings (SSSR count). The van der Waals surface area contributed by atoms with Crippen LogP contribution in [0.5, 0.6) is 0 Å². The van der Waals surface area contributed by atoms with Crippen LogP contribution in [0.3, 0.4) is 0 Å². The van der Waals surface area contributed by atoms with Crippen LogP contribution in [0, 0.1) is 17.2 Å². The fraction of sp³-hybridized carbons (Fsp3) is 0.600. The maximum Gasteiger partial charge on any atom is 0.219 e. The van der Waals surface area contributed by atoms with Gasteiger partial charge in [-0.15, -0.1) is 0 Å². The first kappa shape index (κ1) is 17.9. The van der Waals surface area contributed by atoms with Crippen molar-refractivity contribution < 1.29 is 4.79 Å². The highest BCUT2D eigenvalue weighted by molar-refractivity contribution is 5.73. The molecule has 0 unspecified atom stereocenters. The van der Waals surface area contributed by atoms with Crippen molar-refractivity contribution in [2.75, 3.05) is 39.3 Å². The van der Waals surface area contributed by atoms with Gasteiger partial charge in [-0.2, -0.15) is 5.26 Å². The molecule has 2 aliphatic heterocycles. The van der Waals surface area contributed by atoms with Gasteiger partial charge in [0.25, 0.3) is 0 Å². The van der Waals surface area contributed by atoms with Crippen LogP contribution >= 0.6 is 0 Å². The van der Waals surface area contributed by atoms with Crippen molar-refractivity contribution >= 4 is 5.91 Å². The Morgan fingerprint density at radius 1 is 1.16 bits per heavy atom. The van der Waals surface area contributed by atoms with Crippen LogP contribution in [0.4, 0.5) is 0 Å². The van der Waals surface area contributed by atoms with Gasteiger partial charge in [-0.25, -0.2) is 0 Å². The highest BCUT2D eigenvalue weighted by atomic mass is 16.2. The van der Waals surface area contributed by atoms with Gasteiger partial charge < -0.3 is 4.90 Å². The van der Waals surface area contributed by atoms with Gasteiger partial charge in [0.2, 0.25) is 5.91 Å². The summed E-state index contributed by atoms with van der Waals surface area (Å²) < 4.78 is 0. The molecule has 2 heterocycles. The molecule has 0 saturated carbocycles. The Balaban J connectivity index is 1.61. The van der Waals surface area contributed by atoms with Gasteiger partial charge >= 0.3 is 0 Å². The highest BCUT2D eigenvalue weighted by Crippen LogP contribution is 2.30. The third kappa shape index (κ3) is 3.86. The average Bonchev–Trinajstić information content (AvgIpc) is 3.03. The van der Waals surface area contributed by atoms with E-state index in [-0.39, 0.29) is 5.91 Å². The normalized spacial score (nSPS) is 26.4. The molecule has 25 heavy (non-hydrogen) atoms. The third-order valence-electron chi connectivity index (χ3n) is 5.90. The van der Waals surface area contributed by atoms with Gasteiger partial charge in [0, 0.05) is 58.3 Å². The quantitative estimate of drug-likeness (QED) is 0.846. The van der Waals surface area contributed by atoms with Crippen LogP contribution in [0.25, 0.3) is 0 Å². The fourth-order valence-corrected chi connectivity index (χ4v) is 4.19. The molecule has 0 bridgehead atoms. The lowest BCUT2D eigenvalue weighted by molar-refractivity contribution is -0.130. The second-order valence-electron chi connectivity index (χ2n) is 7.45. The molecule has 134 valence electrons. The van der Waals surface area contributed by atoms with E-state index < -0.39 is 0 Å². The first-order valence-electron chi connectivity index (χ1n) is 9.23. The first-order valence-corrected chi connectivity index (χ1v) is 9.23. The molecule has 0 aromatic heterocycles. The zero-order valence-corrected chi connectivity index (χ0v) is 15.5. The number of carbonyl (C=O) groups is 1. The van der Waals surface area contributed by atoms with Gasteiger partial charge in [0.15, 0.2) is 0 Å². The minimum Gasteiger partial charge on any atom is -0.340 e. The SMILES string of the molecule is CC(=O)N1CCN([C@@H]2CN([C@H](C)c3ccc(C#N)cc3)C[C@@H]2C)CC1. The van der Waals surface area contributed by atoms with Crippen LogP contribution in [-0.2, 0) is 4.79 Å². The van der Waals surface area contributed by atoms with E-state index in [9.17, 15) is 4.79 Å². The molecule has 0 N–H and O–H groups in total. The maximum atomic E-state index is 11.5. The van der Waals surface area contributed by atoms with Crippen molar-refractivity contribution in [3.63, 3.8) is 0 Å². The van der Waals surface area contributed by atoms with Crippen molar-refractivity contribution in [2.24, 2.45) is 5.92 Å². The standard InChI is InChI=1S/C20H28N4O/c1-15-13-24(16(2)19-6-4-18(12-21)5-7-19)14-20(15)23-10-8-22(9-11-23)17(3)25/h4-7,15-16,20H,8-11,13-14H2,1-3H3/t15-,16+,20+/m0/s1. The highest BCUT2D eigenvalue weighted by Gasteiger charge is 2.37. The molecule has 1 aromatic rings. The molecule has 2 fully saturated rings. The van der Waals surface area contributed by atoms with Gasteiger partial charge in [0.1, 0.15) is 0 Å². The number of piperazine rings is 1. The Labute approximate surface area is 150 Å². The van der Waals surface area contributed by atoms with Crippen LogP contribution in [-0.4, -0.2) is 65.9 Å². The largest absolute Gasteiger partial charge is 0.340 e. The van der Waals surface area contributed by atoms with Crippen molar-refractivity contribution in [2.45, 2.75) is 32.9 Å². The lowest BCUT2D eigenvalue weighted by atomic mass is 10.0. The molecule has 3 atom stereocenters. The van der Waals surface area contributed by atoms with E-state index in [1.807, 2.05) is 17.0 Å². The van der Waals surface area contributed by atoms with Crippen LogP contribution in [0.2, 0.25) is 0 Å². The number of hydrogen-bond donors (Lipinski definition) is 0. The molecule has 0 aliphatic carbocycles. The molecular formula is C20H28N4O. The Morgan fingerprint density at radius 2 is 1.80 bits per heavy atom. The summed E-state index contributed by atoms with van der Waals surface area (Å²) in [4.78, 5) is 18.6. The number of rotatable bonds is 3. The summed E-state index contributed by atoms with van der Waals surface area (Å²) in [5.41, 5.74) is 1.99. The zero-order chi connectivity index (χ0) is 18.0. The lowest BCUT2D eigenvalue weighted by Gasteiger charge is -2.39.